The summed E-state index contributed by atoms with van der Waals surface area (Å²) in [5.41, 5.74) is 0. The van der Waals surface area contributed by atoms with E-state index in [4.69, 9.17) is 0 Å². The summed E-state index contributed by atoms with van der Waals surface area (Å²) in [6.45, 7) is 4.28. The average Bonchev–Trinajstić information content (AvgIpc) is 2.45. The maximum atomic E-state index is 11.5. The number of hydrogen-bond donors (Lipinski definition) is 2. The zero-order valence-electron chi connectivity index (χ0n) is 16.0. The molecular weight excluding hydrogens is 288 g/mol. The van der Waals surface area contributed by atoms with E-state index in [1.54, 1.807) is 0 Å². The van der Waals surface area contributed by atoms with Crippen LogP contribution in [0.4, 0.5) is 0 Å². The van der Waals surface area contributed by atoms with Gasteiger partial charge >= 0.3 is 5.97 Å². The highest BCUT2D eigenvalue weighted by Crippen LogP contribution is 2.12. The Balaban J connectivity index is 4.04. The van der Waals surface area contributed by atoms with Gasteiger partial charge in [0, 0.05) is 0 Å². The summed E-state index contributed by atoms with van der Waals surface area (Å²) in [5, 5.41) is 12.8. The van der Waals surface area contributed by atoms with Gasteiger partial charge in [0.25, 0.3) is 0 Å². The predicted molar refractivity (Wildman–Crippen MR) is 98.4 cm³/mol. The van der Waals surface area contributed by atoms with Gasteiger partial charge in [0.15, 0.2) is 0 Å². The van der Waals surface area contributed by atoms with Gasteiger partial charge in [-0.15, -0.1) is 0 Å². The molecule has 0 aliphatic rings. The van der Waals surface area contributed by atoms with Crippen LogP contribution in [0.25, 0.3) is 0 Å². The number of hydrogen-bond acceptors (Lipinski definition) is 2. The largest absolute Gasteiger partial charge is 0.477 e. The summed E-state index contributed by atoms with van der Waals surface area (Å²) < 4.78 is 0.423. The molecule has 0 radical (unpaired) electrons. The van der Waals surface area contributed by atoms with E-state index in [1.807, 2.05) is 34.3 Å². The molecule has 23 heavy (non-hydrogen) atoms. The van der Waals surface area contributed by atoms with Gasteiger partial charge in [-0.25, -0.2) is 4.79 Å². The summed E-state index contributed by atoms with van der Waals surface area (Å²) in [4.78, 5) is 11.5. The molecule has 0 amide bonds. The zero-order chi connectivity index (χ0) is 17.7. The number of quaternary nitrogens is 1. The number of carboxylic acid groups (broad SMARTS) is 1. The quantitative estimate of drug-likeness (QED) is 0.372. The lowest BCUT2D eigenvalue weighted by molar-refractivity contribution is -0.888. The van der Waals surface area contributed by atoms with E-state index >= 15 is 0 Å². The number of aliphatic carboxylic acids is 1. The first kappa shape index (κ1) is 22.0. The SMILES string of the molecule is CCCCCCCCCC=CNC(CC)C(C(=O)O)[N+](C)(C)C. The fourth-order valence-electron chi connectivity index (χ4n) is 2.97. The van der Waals surface area contributed by atoms with Crippen LogP contribution in [0.1, 0.15) is 71.6 Å². The lowest BCUT2D eigenvalue weighted by Gasteiger charge is -2.35. The molecule has 4 heteroatoms. The average molecular weight is 328 g/mol. The molecule has 0 heterocycles. The van der Waals surface area contributed by atoms with Gasteiger partial charge < -0.3 is 14.9 Å². The fraction of sp³-hybridized carbons (Fsp3) is 0.842. The second-order valence-corrected chi connectivity index (χ2v) is 7.39. The first-order valence-electron chi connectivity index (χ1n) is 9.29. The van der Waals surface area contributed by atoms with Crippen LogP contribution in [0.15, 0.2) is 12.3 Å². The van der Waals surface area contributed by atoms with Gasteiger partial charge in [-0.2, -0.15) is 0 Å². The molecule has 0 saturated carbocycles. The Hall–Kier alpha value is -1.03. The van der Waals surface area contributed by atoms with Crippen LogP contribution in [-0.2, 0) is 4.79 Å². The Morgan fingerprint density at radius 1 is 1.04 bits per heavy atom. The molecule has 0 aromatic heterocycles. The number of allylic oxidation sites excluding steroid dienone is 1. The second-order valence-electron chi connectivity index (χ2n) is 7.39. The molecule has 0 spiro atoms. The third-order valence-corrected chi connectivity index (χ3v) is 4.31. The van der Waals surface area contributed by atoms with Crippen molar-refractivity contribution in [3.8, 4) is 0 Å². The highest BCUT2D eigenvalue weighted by atomic mass is 16.4. The third-order valence-electron chi connectivity index (χ3n) is 4.31. The number of rotatable bonds is 14. The second kappa shape index (κ2) is 12.4. The predicted octanol–water partition coefficient (Wildman–Crippen LogP) is 4.17. The molecule has 0 rings (SSSR count). The molecule has 2 N–H and O–H groups in total. The van der Waals surface area contributed by atoms with Crippen molar-refractivity contribution >= 4 is 5.97 Å². The number of carboxylic acids is 1. The minimum Gasteiger partial charge on any atom is -0.477 e. The highest BCUT2D eigenvalue weighted by molar-refractivity contribution is 5.73. The summed E-state index contributed by atoms with van der Waals surface area (Å²) >= 11 is 0. The van der Waals surface area contributed by atoms with Crippen LogP contribution in [0.3, 0.4) is 0 Å². The summed E-state index contributed by atoms with van der Waals surface area (Å²) in [6, 6.07) is -0.485. The van der Waals surface area contributed by atoms with Crippen molar-refractivity contribution in [1.82, 2.24) is 5.32 Å². The van der Waals surface area contributed by atoms with Gasteiger partial charge in [-0.05, 0) is 25.5 Å². The van der Waals surface area contributed by atoms with Crippen molar-refractivity contribution in [2.24, 2.45) is 0 Å². The van der Waals surface area contributed by atoms with Gasteiger partial charge in [0.2, 0.25) is 6.04 Å². The van der Waals surface area contributed by atoms with Crippen LogP contribution < -0.4 is 5.32 Å². The number of carbonyl (C=O) groups is 1. The molecule has 136 valence electrons. The van der Waals surface area contributed by atoms with Gasteiger partial charge in [0.05, 0.1) is 27.2 Å². The van der Waals surface area contributed by atoms with Gasteiger partial charge in [-0.3, -0.25) is 0 Å². The van der Waals surface area contributed by atoms with Crippen molar-refractivity contribution in [1.29, 1.82) is 0 Å². The van der Waals surface area contributed by atoms with E-state index in [1.165, 1.54) is 44.9 Å². The molecule has 0 aromatic rings. The Morgan fingerprint density at radius 3 is 2.09 bits per heavy atom. The van der Waals surface area contributed by atoms with Crippen molar-refractivity contribution < 1.29 is 14.4 Å². The van der Waals surface area contributed by atoms with Crippen molar-refractivity contribution in [3.63, 3.8) is 0 Å². The molecule has 0 saturated heterocycles. The van der Waals surface area contributed by atoms with Gasteiger partial charge in [0.1, 0.15) is 0 Å². The van der Waals surface area contributed by atoms with Crippen LogP contribution in [-0.4, -0.2) is 48.8 Å². The third kappa shape index (κ3) is 10.4. The molecule has 0 aromatic carbocycles. The van der Waals surface area contributed by atoms with E-state index in [0.29, 0.717) is 4.48 Å². The standard InChI is InChI=1S/C19H38N2O2/c1-6-8-9-10-11-12-13-14-15-16-20-17(7-2)18(19(22)23)21(3,4)5/h15-18,20H,6-14H2,1-5H3/p+1. The lowest BCUT2D eigenvalue weighted by Crippen LogP contribution is -2.59. The summed E-state index contributed by atoms with van der Waals surface area (Å²) in [5.74, 6) is -0.739. The number of nitrogens with one attached hydrogen (secondary N) is 1. The van der Waals surface area contributed by atoms with Crippen LogP contribution in [0, 0.1) is 0 Å². The van der Waals surface area contributed by atoms with Gasteiger partial charge in [-0.1, -0.05) is 58.4 Å². The van der Waals surface area contributed by atoms with E-state index < -0.39 is 12.0 Å². The summed E-state index contributed by atoms with van der Waals surface area (Å²) in [6.07, 6.45) is 15.2. The number of unbranched alkanes of at least 4 members (excludes halogenated alkanes) is 7. The molecule has 4 nitrogen and oxygen atoms in total. The maximum Gasteiger partial charge on any atom is 0.364 e. The lowest BCUT2D eigenvalue weighted by atomic mass is 10.0. The van der Waals surface area contributed by atoms with Crippen LogP contribution >= 0.6 is 0 Å². The van der Waals surface area contributed by atoms with E-state index in [0.717, 1.165) is 12.8 Å². The molecule has 0 bridgehead atoms. The number of likely N-dealkylation sites (N-methyl/N-ethyl adjacent to an activating group) is 1. The molecule has 2 unspecified atom stereocenters. The van der Waals surface area contributed by atoms with E-state index in [2.05, 4.69) is 18.3 Å². The molecule has 2 atom stereocenters. The Morgan fingerprint density at radius 2 is 1.61 bits per heavy atom. The zero-order valence-corrected chi connectivity index (χ0v) is 16.0. The maximum absolute atomic E-state index is 11.5. The molecule has 0 fully saturated rings. The normalized spacial score (nSPS) is 14.8. The highest BCUT2D eigenvalue weighted by Gasteiger charge is 2.37. The monoisotopic (exact) mass is 327 g/mol. The van der Waals surface area contributed by atoms with E-state index in [9.17, 15) is 9.90 Å². The van der Waals surface area contributed by atoms with Crippen molar-refractivity contribution in [2.45, 2.75) is 83.7 Å². The first-order valence-corrected chi connectivity index (χ1v) is 9.29. The van der Waals surface area contributed by atoms with Crippen LogP contribution in [0.2, 0.25) is 0 Å². The molecule has 0 aliphatic heterocycles. The van der Waals surface area contributed by atoms with Crippen molar-refractivity contribution in [3.05, 3.63) is 12.3 Å². The van der Waals surface area contributed by atoms with Crippen molar-refractivity contribution in [2.75, 3.05) is 21.1 Å². The smallest absolute Gasteiger partial charge is 0.364 e. The Bertz CT molecular complexity index is 335. The molecule has 0 aliphatic carbocycles. The van der Waals surface area contributed by atoms with E-state index in [-0.39, 0.29) is 6.04 Å². The topological polar surface area (TPSA) is 49.3 Å². The number of nitrogens with zero attached hydrogens (tertiary/aromatic N) is 1. The Kier molecular flexibility index (Phi) is 11.8. The fourth-order valence-corrected chi connectivity index (χ4v) is 2.97. The Labute approximate surface area is 143 Å². The minimum atomic E-state index is -0.739. The molecular formula is C19H39N2O2+. The first-order chi connectivity index (χ1) is 10.8. The van der Waals surface area contributed by atoms with Crippen LogP contribution in [0.5, 0.6) is 0 Å². The minimum absolute atomic E-state index is 0.0437. The summed E-state index contributed by atoms with van der Waals surface area (Å²) in [7, 11) is 5.81.